The van der Waals surface area contributed by atoms with E-state index in [0.29, 0.717) is 12.8 Å². The van der Waals surface area contributed by atoms with Gasteiger partial charge in [-0.15, -0.1) is 0 Å². The number of carbonyl (C=O) groups excluding carboxylic acids is 2. The molecule has 146 valence electrons. The molecule has 2 aliphatic heterocycles. The molecule has 2 heterocycles. The third-order valence-corrected chi connectivity index (χ3v) is 8.48. The van der Waals surface area contributed by atoms with E-state index in [9.17, 15) is 9.59 Å². The average Bonchev–Trinajstić information content (AvgIpc) is 2.95. The van der Waals surface area contributed by atoms with Gasteiger partial charge in [0.15, 0.2) is 0 Å². The predicted molar refractivity (Wildman–Crippen MR) is 95.4 cm³/mol. The van der Waals surface area contributed by atoms with Crippen LogP contribution in [-0.4, -0.2) is 34.8 Å². The summed E-state index contributed by atoms with van der Waals surface area (Å²) in [6.07, 6.45) is 7.09. The fourth-order valence-electron chi connectivity index (χ4n) is 5.88. The lowest BCUT2D eigenvalue weighted by Crippen LogP contribution is -2.51. The molecule has 4 rings (SSSR count). The third-order valence-electron chi connectivity index (χ3n) is 8.48. The predicted octanol–water partition coefficient (Wildman–Crippen LogP) is 3.92. The van der Waals surface area contributed by atoms with Crippen molar-refractivity contribution < 1.29 is 23.8 Å². The van der Waals surface area contributed by atoms with Gasteiger partial charge in [0, 0.05) is 5.41 Å². The van der Waals surface area contributed by atoms with Crippen LogP contribution in [0.15, 0.2) is 0 Å². The molecule has 5 heteroatoms. The van der Waals surface area contributed by atoms with Gasteiger partial charge in [-0.2, -0.15) is 0 Å². The second kappa shape index (κ2) is 5.24. The Kier molecular flexibility index (Phi) is 3.68. The summed E-state index contributed by atoms with van der Waals surface area (Å²) in [5.74, 6) is -0.626. The summed E-state index contributed by atoms with van der Waals surface area (Å²) in [5, 5.41) is 0. The molecule has 2 saturated heterocycles. The molecule has 4 aliphatic rings. The van der Waals surface area contributed by atoms with Crippen molar-refractivity contribution in [2.75, 3.05) is 0 Å². The lowest BCUT2D eigenvalue weighted by molar-refractivity contribution is -0.189. The number of epoxide rings is 1. The van der Waals surface area contributed by atoms with E-state index in [1.807, 2.05) is 20.8 Å². The Labute approximate surface area is 156 Å². The van der Waals surface area contributed by atoms with Crippen molar-refractivity contribution in [2.24, 2.45) is 10.8 Å². The molecule has 2 saturated carbocycles. The molecule has 4 fully saturated rings. The lowest BCUT2D eigenvalue weighted by Gasteiger charge is -2.36. The second-order valence-electron chi connectivity index (χ2n) is 9.79. The molecule has 2 aliphatic carbocycles. The highest BCUT2D eigenvalue weighted by Crippen LogP contribution is 2.67. The van der Waals surface area contributed by atoms with Crippen LogP contribution in [-0.2, 0) is 23.8 Å². The van der Waals surface area contributed by atoms with Crippen molar-refractivity contribution in [2.45, 2.75) is 109 Å². The molecule has 0 aromatic carbocycles. The van der Waals surface area contributed by atoms with Crippen LogP contribution in [0.3, 0.4) is 0 Å². The molecule has 5 nitrogen and oxygen atoms in total. The Morgan fingerprint density at radius 2 is 1.88 bits per heavy atom. The Bertz CT molecular complexity index is 657. The van der Waals surface area contributed by atoms with E-state index < -0.39 is 16.4 Å². The van der Waals surface area contributed by atoms with Gasteiger partial charge in [-0.05, 0) is 46.0 Å². The summed E-state index contributed by atoms with van der Waals surface area (Å²) >= 11 is 0. The minimum atomic E-state index is -1.14. The molecule has 26 heavy (non-hydrogen) atoms. The van der Waals surface area contributed by atoms with Gasteiger partial charge in [0.2, 0.25) is 5.60 Å². The molecule has 5 atom stereocenters. The van der Waals surface area contributed by atoms with Crippen LogP contribution in [0.2, 0.25) is 0 Å². The van der Waals surface area contributed by atoms with Crippen LogP contribution < -0.4 is 0 Å². The molecule has 0 N–H and O–H groups in total. The van der Waals surface area contributed by atoms with E-state index in [1.54, 1.807) is 0 Å². The largest absolute Gasteiger partial charge is 0.456 e. The fourth-order valence-corrected chi connectivity index (χ4v) is 5.88. The standard InChI is InChI=1S/C21H32O5/c1-6-7-8-10-20-14(9-11-19(20,5)26-20)24-16(23)21-13-12-18(4,15(22)25-21)17(21,2)3/h14H,6-13H2,1-5H3/t14-,18+,19-,20+,21+/m0/s1. The van der Waals surface area contributed by atoms with Gasteiger partial charge >= 0.3 is 11.9 Å². The topological polar surface area (TPSA) is 65.1 Å². The van der Waals surface area contributed by atoms with Gasteiger partial charge in [0.1, 0.15) is 11.7 Å². The number of carbonyl (C=O) groups is 2. The third kappa shape index (κ3) is 1.91. The minimum absolute atomic E-state index is 0.157. The van der Waals surface area contributed by atoms with Crippen LogP contribution in [0.5, 0.6) is 0 Å². The first-order chi connectivity index (χ1) is 12.1. The highest BCUT2D eigenvalue weighted by atomic mass is 16.7. The van der Waals surface area contributed by atoms with Crippen LogP contribution >= 0.6 is 0 Å². The Morgan fingerprint density at radius 3 is 2.42 bits per heavy atom. The van der Waals surface area contributed by atoms with Crippen molar-refractivity contribution in [1.29, 1.82) is 0 Å². The first-order valence-corrected chi connectivity index (χ1v) is 10.2. The maximum Gasteiger partial charge on any atom is 0.351 e. The van der Waals surface area contributed by atoms with Gasteiger partial charge in [-0.1, -0.05) is 40.0 Å². The van der Waals surface area contributed by atoms with E-state index in [1.165, 1.54) is 0 Å². The van der Waals surface area contributed by atoms with Crippen molar-refractivity contribution in [3.63, 3.8) is 0 Å². The summed E-state index contributed by atoms with van der Waals surface area (Å²) in [7, 11) is 0. The summed E-state index contributed by atoms with van der Waals surface area (Å²) in [6.45, 7) is 10.2. The van der Waals surface area contributed by atoms with E-state index in [0.717, 1.165) is 38.5 Å². The van der Waals surface area contributed by atoms with E-state index in [4.69, 9.17) is 14.2 Å². The molecular formula is C21H32O5. The van der Waals surface area contributed by atoms with Crippen molar-refractivity contribution >= 4 is 11.9 Å². The van der Waals surface area contributed by atoms with Gasteiger partial charge in [-0.25, -0.2) is 4.79 Å². The summed E-state index contributed by atoms with van der Waals surface area (Å²) in [4.78, 5) is 25.7. The summed E-state index contributed by atoms with van der Waals surface area (Å²) in [5.41, 5.74) is -2.79. The van der Waals surface area contributed by atoms with Crippen molar-refractivity contribution in [1.82, 2.24) is 0 Å². The number of hydrogen-bond acceptors (Lipinski definition) is 5. The number of hydrogen-bond donors (Lipinski definition) is 0. The maximum absolute atomic E-state index is 13.3. The lowest BCUT2D eigenvalue weighted by atomic mass is 9.66. The number of esters is 2. The van der Waals surface area contributed by atoms with Gasteiger partial charge in [0.25, 0.3) is 0 Å². The number of fused-ring (bicyclic) bond motifs is 3. The number of unbranched alkanes of at least 4 members (excludes halogenated alkanes) is 2. The molecule has 0 spiro atoms. The quantitative estimate of drug-likeness (QED) is 0.406. The smallest absolute Gasteiger partial charge is 0.351 e. The van der Waals surface area contributed by atoms with E-state index in [-0.39, 0.29) is 29.2 Å². The SMILES string of the molecule is CCCCC[C@]12O[C@@]1(C)CC[C@@H]2OC(=O)[C@@]12CC[C@](C)(C(=O)O1)C2(C)C. The van der Waals surface area contributed by atoms with Crippen LogP contribution in [0.25, 0.3) is 0 Å². The fraction of sp³-hybridized carbons (Fsp3) is 0.905. The minimum Gasteiger partial charge on any atom is -0.456 e. The zero-order chi connectivity index (χ0) is 19.0. The van der Waals surface area contributed by atoms with Crippen molar-refractivity contribution in [3.8, 4) is 0 Å². The molecular weight excluding hydrogens is 332 g/mol. The van der Waals surface area contributed by atoms with Gasteiger partial charge < -0.3 is 14.2 Å². The molecule has 0 unspecified atom stereocenters. The van der Waals surface area contributed by atoms with E-state index in [2.05, 4.69) is 13.8 Å². The molecule has 0 aromatic heterocycles. The number of rotatable bonds is 6. The van der Waals surface area contributed by atoms with Gasteiger partial charge in [0.05, 0.1) is 11.0 Å². The number of ether oxygens (including phenoxy) is 3. The molecule has 2 bridgehead atoms. The normalized spacial score (nSPS) is 47.6. The zero-order valence-corrected chi connectivity index (χ0v) is 16.8. The average molecular weight is 364 g/mol. The molecule has 0 aromatic rings. The van der Waals surface area contributed by atoms with Crippen LogP contribution in [0.4, 0.5) is 0 Å². The van der Waals surface area contributed by atoms with Crippen molar-refractivity contribution in [3.05, 3.63) is 0 Å². The summed E-state index contributed by atoms with van der Waals surface area (Å²) in [6, 6.07) is 0. The molecule has 0 amide bonds. The highest BCUT2D eigenvalue weighted by molar-refractivity contribution is 5.93. The van der Waals surface area contributed by atoms with Crippen LogP contribution in [0, 0.1) is 10.8 Å². The highest BCUT2D eigenvalue weighted by Gasteiger charge is 2.79. The molecule has 0 radical (unpaired) electrons. The first-order valence-electron chi connectivity index (χ1n) is 10.2. The second-order valence-corrected chi connectivity index (χ2v) is 9.79. The summed E-state index contributed by atoms with van der Waals surface area (Å²) < 4.78 is 17.9. The monoisotopic (exact) mass is 364 g/mol. The Balaban J connectivity index is 1.53. The van der Waals surface area contributed by atoms with Gasteiger partial charge in [-0.3, -0.25) is 4.79 Å². The first kappa shape index (κ1) is 18.3. The Morgan fingerprint density at radius 1 is 1.15 bits per heavy atom. The van der Waals surface area contributed by atoms with E-state index >= 15 is 0 Å². The zero-order valence-electron chi connectivity index (χ0n) is 16.8. The Hall–Kier alpha value is -1.10. The maximum atomic E-state index is 13.3. The van der Waals surface area contributed by atoms with Crippen LogP contribution in [0.1, 0.15) is 86.0 Å².